The molecule has 0 saturated heterocycles. The summed E-state index contributed by atoms with van der Waals surface area (Å²) in [5.74, 6) is -2.90. The van der Waals surface area contributed by atoms with Crippen molar-refractivity contribution in [2.45, 2.75) is 17.9 Å². The van der Waals surface area contributed by atoms with Gasteiger partial charge in [0, 0.05) is 22.0 Å². The van der Waals surface area contributed by atoms with Crippen molar-refractivity contribution in [3.8, 4) is 0 Å². The van der Waals surface area contributed by atoms with Gasteiger partial charge in [-0.1, -0.05) is 29.3 Å². The third-order valence-electron chi connectivity index (χ3n) is 2.44. The summed E-state index contributed by atoms with van der Waals surface area (Å²) in [6, 6.07) is 4.61. The van der Waals surface area contributed by atoms with Crippen molar-refractivity contribution in [3.05, 3.63) is 33.8 Å². The first-order valence-electron chi connectivity index (χ1n) is 4.00. The molecule has 0 bridgehead atoms. The highest BCUT2D eigenvalue weighted by atomic mass is 35.5. The lowest BCUT2D eigenvalue weighted by molar-refractivity contribution is 0.0891. The van der Waals surface area contributed by atoms with E-state index in [4.69, 9.17) is 28.9 Å². The number of halogens is 4. The Morgan fingerprint density at radius 3 is 2.00 bits per heavy atom. The van der Waals surface area contributed by atoms with Gasteiger partial charge in [-0.25, -0.2) is 8.78 Å². The molecule has 1 aliphatic carbocycles. The predicted octanol–water partition coefficient (Wildman–Crippen LogP) is 3.19. The molecule has 0 aromatic heterocycles. The van der Waals surface area contributed by atoms with Gasteiger partial charge in [0.25, 0.3) is 5.92 Å². The van der Waals surface area contributed by atoms with Gasteiger partial charge in [-0.3, -0.25) is 0 Å². The molecule has 0 aliphatic heterocycles. The molecule has 1 aliphatic rings. The molecule has 1 fully saturated rings. The monoisotopic (exact) mass is 237 g/mol. The van der Waals surface area contributed by atoms with Crippen LogP contribution in [-0.4, -0.2) is 5.92 Å². The molecule has 1 unspecified atom stereocenters. The van der Waals surface area contributed by atoms with Crippen LogP contribution in [0.4, 0.5) is 8.78 Å². The SMILES string of the molecule is NC1(c2c(Cl)cccc2Cl)CC1(F)F. The minimum atomic E-state index is -2.90. The summed E-state index contributed by atoms with van der Waals surface area (Å²) in [5.41, 5.74) is 4.00. The second-order valence-corrected chi connectivity index (χ2v) is 4.26. The van der Waals surface area contributed by atoms with Gasteiger partial charge in [0.2, 0.25) is 0 Å². The Morgan fingerprint density at radius 2 is 1.64 bits per heavy atom. The number of benzene rings is 1. The van der Waals surface area contributed by atoms with Crippen molar-refractivity contribution in [1.82, 2.24) is 0 Å². The van der Waals surface area contributed by atoms with Crippen LogP contribution < -0.4 is 5.73 Å². The Bertz CT molecular complexity index is 374. The minimum absolute atomic E-state index is 0.147. The molecular weight excluding hydrogens is 231 g/mol. The van der Waals surface area contributed by atoms with Crippen LogP contribution in [0.3, 0.4) is 0 Å². The quantitative estimate of drug-likeness (QED) is 0.798. The van der Waals surface area contributed by atoms with Gasteiger partial charge in [0.1, 0.15) is 5.54 Å². The highest BCUT2D eigenvalue weighted by molar-refractivity contribution is 6.36. The van der Waals surface area contributed by atoms with Crippen molar-refractivity contribution in [3.63, 3.8) is 0 Å². The molecule has 1 atom stereocenters. The van der Waals surface area contributed by atoms with Crippen molar-refractivity contribution in [1.29, 1.82) is 0 Å². The maximum absolute atomic E-state index is 13.0. The molecule has 5 heteroatoms. The van der Waals surface area contributed by atoms with E-state index in [1.165, 1.54) is 12.1 Å². The fourth-order valence-electron chi connectivity index (χ4n) is 1.50. The molecule has 14 heavy (non-hydrogen) atoms. The van der Waals surface area contributed by atoms with Gasteiger partial charge in [-0.2, -0.15) is 0 Å². The summed E-state index contributed by atoms with van der Waals surface area (Å²) >= 11 is 11.6. The third-order valence-corrected chi connectivity index (χ3v) is 3.07. The van der Waals surface area contributed by atoms with E-state index >= 15 is 0 Å². The summed E-state index contributed by atoms with van der Waals surface area (Å²) in [5, 5.41) is 0.384. The summed E-state index contributed by atoms with van der Waals surface area (Å²) < 4.78 is 26.0. The average Bonchev–Trinajstić information content (AvgIpc) is 2.50. The van der Waals surface area contributed by atoms with Gasteiger partial charge < -0.3 is 5.73 Å². The number of hydrogen-bond donors (Lipinski definition) is 1. The van der Waals surface area contributed by atoms with Crippen LogP contribution in [0.15, 0.2) is 18.2 Å². The molecular formula is C9H7Cl2F2N. The molecule has 1 saturated carbocycles. The highest BCUT2D eigenvalue weighted by Crippen LogP contribution is 2.60. The van der Waals surface area contributed by atoms with Crippen LogP contribution in [0.2, 0.25) is 10.0 Å². The molecule has 2 N–H and O–H groups in total. The van der Waals surface area contributed by atoms with Gasteiger partial charge in [0.05, 0.1) is 0 Å². The van der Waals surface area contributed by atoms with Crippen LogP contribution in [-0.2, 0) is 5.54 Å². The standard InChI is InChI=1S/C9H7Cl2F2N/c10-5-2-1-3-6(11)7(5)8(14)4-9(8,12)13/h1-3H,4,14H2. The lowest BCUT2D eigenvalue weighted by Gasteiger charge is -2.14. The minimum Gasteiger partial charge on any atom is -0.316 e. The molecule has 1 aromatic carbocycles. The van der Waals surface area contributed by atoms with E-state index in [9.17, 15) is 8.78 Å². The topological polar surface area (TPSA) is 26.0 Å². The van der Waals surface area contributed by atoms with E-state index in [0.717, 1.165) is 0 Å². The molecule has 0 heterocycles. The lowest BCUT2D eigenvalue weighted by Crippen LogP contribution is -2.27. The van der Waals surface area contributed by atoms with E-state index in [2.05, 4.69) is 0 Å². The molecule has 76 valence electrons. The van der Waals surface area contributed by atoms with E-state index in [0.29, 0.717) is 0 Å². The highest BCUT2D eigenvalue weighted by Gasteiger charge is 2.71. The Kier molecular flexibility index (Phi) is 2.04. The second kappa shape index (κ2) is 2.81. The van der Waals surface area contributed by atoms with Gasteiger partial charge >= 0.3 is 0 Å². The van der Waals surface area contributed by atoms with Gasteiger partial charge in [0.15, 0.2) is 0 Å². The zero-order valence-electron chi connectivity index (χ0n) is 7.03. The normalized spacial score (nSPS) is 28.9. The van der Waals surface area contributed by atoms with E-state index < -0.39 is 17.9 Å². The van der Waals surface area contributed by atoms with E-state index in [-0.39, 0.29) is 15.6 Å². The Morgan fingerprint density at radius 1 is 1.21 bits per heavy atom. The number of hydrogen-bond acceptors (Lipinski definition) is 1. The number of nitrogens with two attached hydrogens (primary N) is 1. The van der Waals surface area contributed by atoms with Crippen LogP contribution in [0.1, 0.15) is 12.0 Å². The van der Waals surface area contributed by atoms with Crippen molar-refractivity contribution < 1.29 is 8.78 Å². The molecule has 1 aromatic rings. The van der Waals surface area contributed by atoms with E-state index in [1.807, 2.05) is 0 Å². The molecule has 2 rings (SSSR count). The summed E-state index contributed by atoms with van der Waals surface area (Å²) in [6.07, 6.45) is -0.399. The van der Waals surface area contributed by atoms with Gasteiger partial charge in [-0.05, 0) is 12.1 Å². The van der Waals surface area contributed by atoms with Crippen molar-refractivity contribution >= 4 is 23.2 Å². The largest absolute Gasteiger partial charge is 0.316 e. The predicted molar refractivity (Wildman–Crippen MR) is 51.9 cm³/mol. The fraction of sp³-hybridized carbons (Fsp3) is 0.333. The smallest absolute Gasteiger partial charge is 0.272 e. The Hall–Kier alpha value is -0.380. The van der Waals surface area contributed by atoms with Crippen LogP contribution in [0, 0.1) is 0 Å². The van der Waals surface area contributed by atoms with Gasteiger partial charge in [-0.15, -0.1) is 0 Å². The van der Waals surface area contributed by atoms with E-state index in [1.54, 1.807) is 6.07 Å². The molecule has 1 nitrogen and oxygen atoms in total. The fourth-order valence-corrected chi connectivity index (χ4v) is 2.24. The van der Waals surface area contributed by atoms with Crippen LogP contribution >= 0.6 is 23.2 Å². The van der Waals surface area contributed by atoms with Crippen LogP contribution in [0.5, 0.6) is 0 Å². The summed E-state index contributed by atoms with van der Waals surface area (Å²) in [6.45, 7) is 0. The first-order chi connectivity index (χ1) is 6.38. The van der Waals surface area contributed by atoms with Crippen molar-refractivity contribution in [2.24, 2.45) is 5.73 Å². The maximum atomic E-state index is 13.0. The first-order valence-corrected chi connectivity index (χ1v) is 4.75. The number of alkyl halides is 2. The summed E-state index contributed by atoms with van der Waals surface area (Å²) in [4.78, 5) is 0. The molecule has 0 spiro atoms. The Balaban J connectivity index is 2.54. The first kappa shape index (κ1) is 10.1. The average molecular weight is 238 g/mol. The van der Waals surface area contributed by atoms with Crippen molar-refractivity contribution in [2.75, 3.05) is 0 Å². The number of rotatable bonds is 1. The molecule has 0 amide bonds. The lowest BCUT2D eigenvalue weighted by atomic mass is 10.1. The zero-order chi connectivity index (χ0) is 10.6. The summed E-state index contributed by atoms with van der Waals surface area (Å²) in [7, 11) is 0. The third kappa shape index (κ3) is 1.23. The second-order valence-electron chi connectivity index (χ2n) is 3.45. The zero-order valence-corrected chi connectivity index (χ0v) is 8.54. The molecule has 0 radical (unpaired) electrons. The van der Waals surface area contributed by atoms with Crippen LogP contribution in [0.25, 0.3) is 0 Å². The Labute approximate surface area is 89.8 Å². The maximum Gasteiger partial charge on any atom is 0.272 e.